The first kappa shape index (κ1) is 16.5. The molecule has 2 heteroatoms. The average Bonchev–Trinajstić information content (AvgIpc) is 2.47. The van der Waals surface area contributed by atoms with Crippen molar-refractivity contribution in [3.63, 3.8) is 0 Å². The Kier molecular flexibility index (Phi) is 6.22. The highest BCUT2D eigenvalue weighted by Crippen LogP contribution is 2.44. The van der Waals surface area contributed by atoms with Crippen molar-refractivity contribution >= 4 is 0 Å². The van der Waals surface area contributed by atoms with Gasteiger partial charge in [0.2, 0.25) is 0 Å². The van der Waals surface area contributed by atoms with Gasteiger partial charge in [0, 0.05) is 12.5 Å². The third-order valence-corrected chi connectivity index (χ3v) is 5.17. The summed E-state index contributed by atoms with van der Waals surface area (Å²) in [6, 6.07) is 7.21. The molecule has 2 atom stereocenters. The number of unbranched alkanes of at least 4 members (excludes halogenated alkanes) is 4. The van der Waals surface area contributed by atoms with Crippen molar-refractivity contribution in [3.05, 3.63) is 35.6 Å². The molecule has 1 N–H and O–H groups in total. The van der Waals surface area contributed by atoms with Gasteiger partial charge in [-0.3, -0.25) is 0 Å². The average molecular weight is 291 g/mol. The van der Waals surface area contributed by atoms with Crippen LogP contribution in [-0.4, -0.2) is 13.1 Å². The van der Waals surface area contributed by atoms with Gasteiger partial charge in [0.05, 0.1) is 0 Å². The molecule has 0 aliphatic carbocycles. The minimum atomic E-state index is -0.108. The van der Waals surface area contributed by atoms with Gasteiger partial charge >= 0.3 is 0 Å². The SMILES string of the molecule is CCCCCCCC1(C)CCNCC1c1cccc(F)c1. The van der Waals surface area contributed by atoms with Crippen LogP contribution in [-0.2, 0) is 0 Å². The number of piperidine rings is 1. The molecule has 0 bridgehead atoms. The molecule has 1 aliphatic rings. The van der Waals surface area contributed by atoms with Gasteiger partial charge in [-0.25, -0.2) is 4.39 Å². The molecule has 0 saturated carbocycles. The van der Waals surface area contributed by atoms with Crippen LogP contribution in [0, 0.1) is 11.2 Å². The zero-order valence-electron chi connectivity index (χ0n) is 13.6. The third-order valence-electron chi connectivity index (χ3n) is 5.17. The molecule has 1 aromatic rings. The van der Waals surface area contributed by atoms with E-state index in [-0.39, 0.29) is 5.82 Å². The summed E-state index contributed by atoms with van der Waals surface area (Å²) in [5.41, 5.74) is 1.48. The van der Waals surface area contributed by atoms with Crippen LogP contribution in [0.3, 0.4) is 0 Å². The molecule has 1 aromatic carbocycles. The van der Waals surface area contributed by atoms with Crippen LogP contribution < -0.4 is 5.32 Å². The van der Waals surface area contributed by atoms with Gasteiger partial charge in [0.25, 0.3) is 0 Å². The molecule has 118 valence electrons. The summed E-state index contributed by atoms with van der Waals surface area (Å²) in [5, 5.41) is 3.50. The largest absolute Gasteiger partial charge is 0.316 e. The van der Waals surface area contributed by atoms with E-state index in [9.17, 15) is 4.39 Å². The van der Waals surface area contributed by atoms with Crippen molar-refractivity contribution in [2.45, 2.75) is 64.7 Å². The predicted octanol–water partition coefficient (Wildman–Crippen LogP) is 5.27. The molecule has 21 heavy (non-hydrogen) atoms. The highest BCUT2D eigenvalue weighted by molar-refractivity contribution is 5.24. The van der Waals surface area contributed by atoms with Gasteiger partial charge in [0.15, 0.2) is 0 Å². The van der Waals surface area contributed by atoms with Gasteiger partial charge in [-0.15, -0.1) is 0 Å². The molecule has 1 aliphatic heterocycles. The topological polar surface area (TPSA) is 12.0 Å². The predicted molar refractivity (Wildman–Crippen MR) is 88.1 cm³/mol. The van der Waals surface area contributed by atoms with Crippen LogP contribution in [0.4, 0.5) is 4.39 Å². The molecule has 1 fully saturated rings. The lowest BCUT2D eigenvalue weighted by Crippen LogP contribution is -2.42. The first-order valence-electron chi connectivity index (χ1n) is 8.62. The molecule has 2 rings (SSSR count). The van der Waals surface area contributed by atoms with Gasteiger partial charge in [0.1, 0.15) is 5.82 Å². The van der Waals surface area contributed by atoms with E-state index in [4.69, 9.17) is 0 Å². The summed E-state index contributed by atoms with van der Waals surface area (Å²) < 4.78 is 13.5. The lowest BCUT2D eigenvalue weighted by molar-refractivity contribution is 0.166. The fraction of sp³-hybridized carbons (Fsp3) is 0.684. The monoisotopic (exact) mass is 291 g/mol. The van der Waals surface area contributed by atoms with Gasteiger partial charge in [-0.2, -0.15) is 0 Å². The Morgan fingerprint density at radius 2 is 2.05 bits per heavy atom. The molecule has 1 nitrogen and oxygen atoms in total. The molecular formula is C19H30FN. The van der Waals surface area contributed by atoms with Crippen LogP contribution in [0.25, 0.3) is 0 Å². The molecule has 1 saturated heterocycles. The third kappa shape index (κ3) is 4.54. The number of halogens is 1. The zero-order valence-corrected chi connectivity index (χ0v) is 13.6. The molecule has 0 aromatic heterocycles. The first-order chi connectivity index (χ1) is 10.2. The second-order valence-corrected chi connectivity index (χ2v) is 6.88. The van der Waals surface area contributed by atoms with Gasteiger partial charge in [-0.1, -0.05) is 58.1 Å². The van der Waals surface area contributed by atoms with Crippen molar-refractivity contribution in [2.75, 3.05) is 13.1 Å². The quantitative estimate of drug-likeness (QED) is 0.675. The van der Waals surface area contributed by atoms with E-state index < -0.39 is 0 Å². The molecular weight excluding hydrogens is 261 g/mol. The number of hydrogen-bond acceptors (Lipinski definition) is 1. The Morgan fingerprint density at radius 3 is 2.81 bits per heavy atom. The van der Waals surface area contributed by atoms with Crippen LogP contribution in [0.15, 0.2) is 24.3 Å². The fourth-order valence-corrected chi connectivity index (χ4v) is 3.72. The number of nitrogens with one attached hydrogen (secondary N) is 1. The normalized spacial score (nSPS) is 26.0. The van der Waals surface area contributed by atoms with E-state index in [0.29, 0.717) is 11.3 Å². The second kappa shape index (κ2) is 7.93. The standard InChI is InChI=1S/C19H30FN/c1-3-4-5-6-7-11-19(2)12-13-21-15-18(19)16-9-8-10-17(20)14-16/h8-10,14,18,21H,3-7,11-13,15H2,1-2H3. The van der Waals surface area contributed by atoms with E-state index in [1.807, 2.05) is 6.07 Å². The maximum atomic E-state index is 13.5. The Labute approximate surface area is 129 Å². The number of benzene rings is 1. The van der Waals surface area contributed by atoms with E-state index in [1.165, 1.54) is 50.5 Å². The fourth-order valence-electron chi connectivity index (χ4n) is 3.72. The van der Waals surface area contributed by atoms with Crippen LogP contribution >= 0.6 is 0 Å². The lowest BCUT2D eigenvalue weighted by atomic mass is 9.66. The van der Waals surface area contributed by atoms with Gasteiger partial charge < -0.3 is 5.32 Å². The molecule has 0 radical (unpaired) electrons. The summed E-state index contributed by atoms with van der Waals surface area (Å²) in [6.45, 7) is 6.74. The van der Waals surface area contributed by atoms with Gasteiger partial charge in [-0.05, 0) is 42.5 Å². The molecule has 0 spiro atoms. The van der Waals surface area contributed by atoms with Crippen LogP contribution in [0.5, 0.6) is 0 Å². The summed E-state index contributed by atoms with van der Waals surface area (Å²) in [7, 11) is 0. The summed E-state index contributed by atoms with van der Waals surface area (Å²) in [5.74, 6) is 0.330. The van der Waals surface area contributed by atoms with E-state index in [1.54, 1.807) is 12.1 Å². The van der Waals surface area contributed by atoms with Crippen LogP contribution in [0.2, 0.25) is 0 Å². The molecule has 0 amide bonds. The molecule has 1 heterocycles. The maximum absolute atomic E-state index is 13.5. The second-order valence-electron chi connectivity index (χ2n) is 6.88. The van der Waals surface area contributed by atoms with E-state index in [0.717, 1.165) is 13.1 Å². The minimum absolute atomic E-state index is 0.108. The summed E-state index contributed by atoms with van der Waals surface area (Å²) >= 11 is 0. The first-order valence-corrected chi connectivity index (χ1v) is 8.62. The lowest BCUT2D eigenvalue weighted by Gasteiger charge is -2.42. The van der Waals surface area contributed by atoms with Crippen molar-refractivity contribution in [3.8, 4) is 0 Å². The smallest absolute Gasteiger partial charge is 0.123 e. The minimum Gasteiger partial charge on any atom is -0.316 e. The Bertz CT molecular complexity index is 431. The summed E-state index contributed by atoms with van der Waals surface area (Å²) in [4.78, 5) is 0. The van der Waals surface area contributed by atoms with Crippen molar-refractivity contribution in [1.82, 2.24) is 5.32 Å². The van der Waals surface area contributed by atoms with Crippen molar-refractivity contribution < 1.29 is 4.39 Å². The van der Waals surface area contributed by atoms with E-state index >= 15 is 0 Å². The zero-order chi connectivity index (χ0) is 15.1. The highest BCUT2D eigenvalue weighted by Gasteiger charge is 2.36. The van der Waals surface area contributed by atoms with Crippen molar-refractivity contribution in [1.29, 1.82) is 0 Å². The Balaban J connectivity index is 2.00. The number of rotatable bonds is 7. The van der Waals surface area contributed by atoms with Crippen LogP contribution in [0.1, 0.15) is 70.3 Å². The van der Waals surface area contributed by atoms with Crippen molar-refractivity contribution in [2.24, 2.45) is 5.41 Å². The maximum Gasteiger partial charge on any atom is 0.123 e. The number of hydrogen-bond donors (Lipinski definition) is 1. The Morgan fingerprint density at radius 1 is 1.24 bits per heavy atom. The highest BCUT2D eigenvalue weighted by atomic mass is 19.1. The Hall–Kier alpha value is -0.890. The summed E-state index contributed by atoms with van der Waals surface area (Å²) in [6.07, 6.45) is 9.12. The molecule has 2 unspecified atom stereocenters. The van der Waals surface area contributed by atoms with E-state index in [2.05, 4.69) is 25.2 Å².